The van der Waals surface area contributed by atoms with E-state index in [1.807, 2.05) is 55.2 Å². The van der Waals surface area contributed by atoms with Crippen LogP contribution >= 0.6 is 0 Å². The molecule has 1 aliphatic carbocycles. The van der Waals surface area contributed by atoms with Gasteiger partial charge in [-0.05, 0) is 53.8 Å². The van der Waals surface area contributed by atoms with Gasteiger partial charge in [-0.15, -0.1) is 0 Å². The summed E-state index contributed by atoms with van der Waals surface area (Å²) < 4.78 is 3.52. The Bertz CT molecular complexity index is 1280. The van der Waals surface area contributed by atoms with Crippen LogP contribution in [-0.2, 0) is 19.9 Å². The van der Waals surface area contributed by atoms with Crippen molar-refractivity contribution in [3.8, 4) is 5.69 Å². The van der Waals surface area contributed by atoms with Crippen LogP contribution in [0.3, 0.4) is 0 Å². The molecule has 1 heterocycles. The van der Waals surface area contributed by atoms with Crippen LogP contribution in [0.2, 0.25) is 0 Å². The first-order chi connectivity index (χ1) is 13.6. The smallest absolute Gasteiger partial charge is 0.283 e. The standard InChI is InChI=1S/C24H21N3O/c1-16-23(24(28)27(26(16)2)20-8-4-3-5-9-20)25-15-19-14-13-18-12-11-17-7-6-10-21(19)22(17)18/h3-10,13-15H,11-12H2,1-2H3. The Morgan fingerprint density at radius 1 is 0.929 bits per heavy atom. The Hall–Kier alpha value is -3.40. The van der Waals surface area contributed by atoms with E-state index in [0.29, 0.717) is 5.69 Å². The minimum Gasteiger partial charge on any atom is -0.283 e. The molecule has 0 spiro atoms. The lowest BCUT2D eigenvalue weighted by molar-refractivity contribution is 0.630. The zero-order chi connectivity index (χ0) is 19.3. The van der Waals surface area contributed by atoms with Crippen molar-refractivity contribution < 1.29 is 0 Å². The summed E-state index contributed by atoms with van der Waals surface area (Å²) in [4.78, 5) is 17.7. The fraction of sp³-hybridized carbons (Fsp3) is 0.167. The second-order valence-corrected chi connectivity index (χ2v) is 7.32. The minimum absolute atomic E-state index is 0.103. The number of aliphatic imine (C=N–C) groups is 1. The summed E-state index contributed by atoms with van der Waals surface area (Å²) >= 11 is 0. The molecule has 0 N–H and O–H groups in total. The second kappa shape index (κ2) is 6.34. The van der Waals surface area contributed by atoms with E-state index in [-0.39, 0.29) is 5.56 Å². The van der Waals surface area contributed by atoms with Crippen molar-refractivity contribution >= 4 is 22.7 Å². The Labute approximate surface area is 163 Å². The summed E-state index contributed by atoms with van der Waals surface area (Å²) in [5.74, 6) is 0. The van der Waals surface area contributed by atoms with E-state index in [0.717, 1.165) is 29.8 Å². The molecule has 0 fully saturated rings. The highest BCUT2D eigenvalue weighted by Crippen LogP contribution is 2.32. The van der Waals surface area contributed by atoms with Crippen LogP contribution in [0.5, 0.6) is 0 Å². The number of hydrogen-bond donors (Lipinski definition) is 0. The molecule has 0 saturated heterocycles. The Kier molecular flexibility index (Phi) is 3.79. The highest BCUT2D eigenvalue weighted by Gasteiger charge is 2.17. The lowest BCUT2D eigenvalue weighted by Gasteiger charge is -2.07. The summed E-state index contributed by atoms with van der Waals surface area (Å²) in [5.41, 5.74) is 5.93. The zero-order valence-electron chi connectivity index (χ0n) is 16.0. The van der Waals surface area contributed by atoms with Crippen molar-refractivity contribution in [3.05, 3.63) is 93.4 Å². The Balaban J connectivity index is 1.63. The molecular weight excluding hydrogens is 346 g/mol. The number of benzene rings is 3. The molecule has 0 saturated carbocycles. The predicted octanol–water partition coefficient (Wildman–Crippen LogP) is 4.49. The summed E-state index contributed by atoms with van der Waals surface area (Å²) in [7, 11) is 1.89. The number of aromatic nitrogens is 2. The average molecular weight is 367 g/mol. The second-order valence-electron chi connectivity index (χ2n) is 7.32. The van der Waals surface area contributed by atoms with Gasteiger partial charge in [-0.2, -0.15) is 0 Å². The lowest BCUT2D eigenvalue weighted by atomic mass is 10.0. The maximum atomic E-state index is 13.0. The topological polar surface area (TPSA) is 39.3 Å². The Morgan fingerprint density at radius 3 is 2.46 bits per heavy atom. The highest BCUT2D eigenvalue weighted by molar-refractivity contribution is 6.03. The van der Waals surface area contributed by atoms with Crippen molar-refractivity contribution in [2.45, 2.75) is 19.8 Å². The molecule has 138 valence electrons. The summed E-state index contributed by atoms with van der Waals surface area (Å²) in [5, 5.41) is 2.58. The largest absolute Gasteiger partial charge is 0.297 e. The third-order valence-corrected chi connectivity index (χ3v) is 5.77. The van der Waals surface area contributed by atoms with E-state index in [1.165, 1.54) is 21.9 Å². The quantitative estimate of drug-likeness (QED) is 0.492. The van der Waals surface area contributed by atoms with Crippen LogP contribution in [-0.4, -0.2) is 15.6 Å². The predicted molar refractivity (Wildman–Crippen MR) is 114 cm³/mol. The van der Waals surface area contributed by atoms with Gasteiger partial charge in [-0.3, -0.25) is 9.48 Å². The van der Waals surface area contributed by atoms with Gasteiger partial charge in [0, 0.05) is 18.8 Å². The molecule has 0 aliphatic heterocycles. The van der Waals surface area contributed by atoms with Gasteiger partial charge in [0.05, 0.1) is 11.4 Å². The van der Waals surface area contributed by atoms with Crippen LogP contribution in [0.1, 0.15) is 22.4 Å². The first kappa shape index (κ1) is 16.8. The van der Waals surface area contributed by atoms with Crippen molar-refractivity contribution in [2.75, 3.05) is 0 Å². The molecule has 4 heteroatoms. The zero-order valence-corrected chi connectivity index (χ0v) is 16.0. The number of aryl methyl sites for hydroxylation is 2. The van der Waals surface area contributed by atoms with E-state index in [9.17, 15) is 4.79 Å². The average Bonchev–Trinajstić information content (AvgIpc) is 3.23. The molecule has 0 unspecified atom stereocenters. The molecule has 0 amide bonds. The third-order valence-electron chi connectivity index (χ3n) is 5.77. The van der Waals surface area contributed by atoms with Crippen LogP contribution in [0.25, 0.3) is 16.5 Å². The van der Waals surface area contributed by atoms with Crippen molar-refractivity contribution in [2.24, 2.45) is 12.0 Å². The molecule has 1 aliphatic rings. The maximum Gasteiger partial charge on any atom is 0.297 e. The molecule has 5 rings (SSSR count). The monoisotopic (exact) mass is 367 g/mol. The highest BCUT2D eigenvalue weighted by atomic mass is 16.1. The van der Waals surface area contributed by atoms with Crippen LogP contribution in [0.15, 0.2) is 70.5 Å². The van der Waals surface area contributed by atoms with Gasteiger partial charge < -0.3 is 0 Å². The van der Waals surface area contributed by atoms with Gasteiger partial charge >= 0.3 is 0 Å². The number of rotatable bonds is 3. The van der Waals surface area contributed by atoms with Gasteiger partial charge in [-0.25, -0.2) is 9.67 Å². The molecule has 4 aromatic rings. The fourth-order valence-corrected chi connectivity index (χ4v) is 4.22. The van der Waals surface area contributed by atoms with Crippen molar-refractivity contribution in [1.29, 1.82) is 0 Å². The number of para-hydroxylation sites is 1. The summed E-state index contributed by atoms with van der Waals surface area (Å²) in [6.45, 7) is 1.93. The molecule has 4 nitrogen and oxygen atoms in total. The van der Waals surface area contributed by atoms with Gasteiger partial charge in [0.1, 0.15) is 0 Å². The van der Waals surface area contributed by atoms with E-state index in [2.05, 4.69) is 35.3 Å². The van der Waals surface area contributed by atoms with Crippen LogP contribution in [0, 0.1) is 6.92 Å². The number of nitrogens with zero attached hydrogens (tertiary/aromatic N) is 3. The van der Waals surface area contributed by atoms with Gasteiger partial charge in [0.2, 0.25) is 0 Å². The maximum absolute atomic E-state index is 13.0. The summed E-state index contributed by atoms with van der Waals surface area (Å²) in [6.07, 6.45) is 4.04. The molecule has 0 radical (unpaired) electrons. The molecule has 28 heavy (non-hydrogen) atoms. The van der Waals surface area contributed by atoms with Crippen LogP contribution in [0.4, 0.5) is 5.69 Å². The van der Waals surface area contributed by atoms with E-state index in [4.69, 9.17) is 0 Å². The first-order valence-electron chi connectivity index (χ1n) is 9.57. The normalized spacial score (nSPS) is 13.1. The van der Waals surface area contributed by atoms with E-state index >= 15 is 0 Å². The van der Waals surface area contributed by atoms with Gasteiger partial charge in [0.15, 0.2) is 5.69 Å². The van der Waals surface area contributed by atoms with E-state index < -0.39 is 0 Å². The van der Waals surface area contributed by atoms with Crippen molar-refractivity contribution in [3.63, 3.8) is 0 Å². The Morgan fingerprint density at radius 2 is 1.68 bits per heavy atom. The molecule has 0 atom stereocenters. The van der Waals surface area contributed by atoms with Crippen LogP contribution < -0.4 is 5.56 Å². The number of hydrogen-bond acceptors (Lipinski definition) is 2. The van der Waals surface area contributed by atoms with Gasteiger partial charge in [-0.1, -0.05) is 48.5 Å². The molecule has 1 aromatic heterocycles. The SMILES string of the molecule is Cc1c(N=Cc2ccc3c4c(cccc24)CC3)c(=O)n(-c2ccccc2)n1C. The van der Waals surface area contributed by atoms with Gasteiger partial charge in [0.25, 0.3) is 5.56 Å². The third kappa shape index (κ3) is 2.45. The fourth-order valence-electron chi connectivity index (χ4n) is 4.22. The summed E-state index contributed by atoms with van der Waals surface area (Å²) in [6, 6.07) is 20.4. The lowest BCUT2D eigenvalue weighted by Crippen LogP contribution is -2.19. The van der Waals surface area contributed by atoms with Crippen molar-refractivity contribution in [1.82, 2.24) is 9.36 Å². The first-order valence-corrected chi connectivity index (χ1v) is 9.57. The van der Waals surface area contributed by atoms with E-state index in [1.54, 1.807) is 4.68 Å². The molecule has 0 bridgehead atoms. The minimum atomic E-state index is -0.103. The molecular formula is C24H21N3O. The molecule has 3 aromatic carbocycles.